The lowest BCUT2D eigenvalue weighted by Gasteiger charge is -2.25. The standard InChI is InChI=1S/C13H22N2S/c1-10(2)13-15-12(9-16-13)8-14-7-6-11-4-3-5-11/h9-11,14H,3-8H2,1-2H3. The van der Waals surface area contributed by atoms with Gasteiger partial charge in [0.05, 0.1) is 10.7 Å². The van der Waals surface area contributed by atoms with Gasteiger partial charge in [-0.1, -0.05) is 33.1 Å². The number of nitrogens with one attached hydrogen (secondary N) is 1. The van der Waals surface area contributed by atoms with E-state index in [1.807, 2.05) is 0 Å². The molecule has 3 heteroatoms. The van der Waals surface area contributed by atoms with Crippen LogP contribution in [0.4, 0.5) is 0 Å². The second kappa shape index (κ2) is 5.78. The SMILES string of the molecule is CC(C)c1nc(CNCCC2CCC2)cs1. The summed E-state index contributed by atoms with van der Waals surface area (Å²) in [4.78, 5) is 4.62. The van der Waals surface area contributed by atoms with Crippen LogP contribution in [0, 0.1) is 5.92 Å². The second-order valence-corrected chi connectivity index (χ2v) is 5.98. The van der Waals surface area contributed by atoms with Gasteiger partial charge >= 0.3 is 0 Å². The summed E-state index contributed by atoms with van der Waals surface area (Å²) in [6, 6.07) is 0. The van der Waals surface area contributed by atoms with Gasteiger partial charge in [-0.05, 0) is 18.9 Å². The predicted octanol–water partition coefficient (Wildman–Crippen LogP) is 3.55. The molecule has 0 aromatic carbocycles. The van der Waals surface area contributed by atoms with E-state index < -0.39 is 0 Å². The van der Waals surface area contributed by atoms with Crippen LogP contribution in [0.3, 0.4) is 0 Å². The summed E-state index contributed by atoms with van der Waals surface area (Å²) >= 11 is 1.79. The molecule has 1 heterocycles. The van der Waals surface area contributed by atoms with Gasteiger partial charge in [-0.3, -0.25) is 0 Å². The molecule has 0 saturated heterocycles. The minimum absolute atomic E-state index is 0.564. The Hall–Kier alpha value is -0.410. The quantitative estimate of drug-likeness (QED) is 0.767. The van der Waals surface area contributed by atoms with Gasteiger partial charge in [-0.15, -0.1) is 11.3 Å². The van der Waals surface area contributed by atoms with Crippen LogP contribution >= 0.6 is 11.3 Å². The maximum Gasteiger partial charge on any atom is 0.0954 e. The number of thiazole rings is 1. The fraction of sp³-hybridized carbons (Fsp3) is 0.769. The number of hydrogen-bond donors (Lipinski definition) is 1. The Morgan fingerprint density at radius 2 is 2.31 bits per heavy atom. The molecule has 1 aliphatic rings. The van der Waals surface area contributed by atoms with Gasteiger partial charge in [0.15, 0.2) is 0 Å². The molecule has 0 spiro atoms. The van der Waals surface area contributed by atoms with Crippen molar-refractivity contribution in [3.05, 3.63) is 16.1 Å². The molecule has 1 N–H and O–H groups in total. The van der Waals surface area contributed by atoms with Crippen LogP contribution in [-0.2, 0) is 6.54 Å². The highest BCUT2D eigenvalue weighted by molar-refractivity contribution is 7.09. The Balaban J connectivity index is 1.64. The molecule has 0 radical (unpaired) electrons. The van der Waals surface area contributed by atoms with Gasteiger partial charge in [0.2, 0.25) is 0 Å². The first-order valence-electron chi connectivity index (χ1n) is 6.40. The van der Waals surface area contributed by atoms with Gasteiger partial charge in [-0.2, -0.15) is 0 Å². The van der Waals surface area contributed by atoms with E-state index in [0.717, 1.165) is 19.0 Å². The van der Waals surface area contributed by atoms with Crippen LogP contribution in [0.15, 0.2) is 5.38 Å². The van der Waals surface area contributed by atoms with Crippen molar-refractivity contribution < 1.29 is 0 Å². The van der Waals surface area contributed by atoms with E-state index in [0.29, 0.717) is 5.92 Å². The minimum Gasteiger partial charge on any atom is -0.311 e. The molecule has 0 bridgehead atoms. The number of hydrogen-bond acceptors (Lipinski definition) is 3. The van der Waals surface area contributed by atoms with Crippen molar-refractivity contribution in [3.63, 3.8) is 0 Å². The zero-order valence-corrected chi connectivity index (χ0v) is 11.1. The van der Waals surface area contributed by atoms with Crippen molar-refractivity contribution in [2.75, 3.05) is 6.54 Å². The third-order valence-electron chi connectivity index (χ3n) is 3.32. The van der Waals surface area contributed by atoms with E-state index in [2.05, 4.69) is 29.5 Å². The summed E-state index contributed by atoms with van der Waals surface area (Å²) in [6.45, 7) is 6.49. The van der Waals surface area contributed by atoms with Gasteiger partial charge in [0, 0.05) is 17.8 Å². The zero-order chi connectivity index (χ0) is 11.4. The Bertz CT molecular complexity index is 315. The van der Waals surface area contributed by atoms with Crippen molar-refractivity contribution in [3.8, 4) is 0 Å². The molecule has 0 unspecified atom stereocenters. The van der Waals surface area contributed by atoms with Crippen molar-refractivity contribution in [1.29, 1.82) is 0 Å². The van der Waals surface area contributed by atoms with Gasteiger partial charge in [0.1, 0.15) is 0 Å². The maximum absolute atomic E-state index is 4.62. The summed E-state index contributed by atoms with van der Waals surface area (Å²) in [7, 11) is 0. The van der Waals surface area contributed by atoms with E-state index in [-0.39, 0.29) is 0 Å². The second-order valence-electron chi connectivity index (χ2n) is 5.09. The van der Waals surface area contributed by atoms with Crippen LogP contribution in [0.25, 0.3) is 0 Å². The molecular formula is C13H22N2S. The predicted molar refractivity (Wildman–Crippen MR) is 69.9 cm³/mol. The number of rotatable bonds is 6. The van der Waals surface area contributed by atoms with E-state index in [4.69, 9.17) is 0 Å². The van der Waals surface area contributed by atoms with E-state index in [1.54, 1.807) is 11.3 Å². The van der Waals surface area contributed by atoms with E-state index >= 15 is 0 Å². The van der Waals surface area contributed by atoms with Gasteiger partial charge in [-0.25, -0.2) is 4.98 Å². The molecule has 1 saturated carbocycles. The third-order valence-corrected chi connectivity index (χ3v) is 4.52. The maximum atomic E-state index is 4.62. The monoisotopic (exact) mass is 238 g/mol. The lowest BCUT2D eigenvalue weighted by atomic mass is 9.83. The zero-order valence-electron chi connectivity index (χ0n) is 10.3. The van der Waals surface area contributed by atoms with Crippen LogP contribution in [0.5, 0.6) is 0 Å². The van der Waals surface area contributed by atoms with E-state index in [9.17, 15) is 0 Å². The summed E-state index contributed by atoms with van der Waals surface area (Å²) < 4.78 is 0. The highest BCUT2D eigenvalue weighted by Gasteiger charge is 2.16. The molecule has 0 amide bonds. The molecular weight excluding hydrogens is 216 g/mol. The third kappa shape index (κ3) is 3.29. The Morgan fingerprint density at radius 3 is 2.88 bits per heavy atom. The first-order valence-corrected chi connectivity index (χ1v) is 7.28. The molecule has 0 atom stereocenters. The lowest BCUT2D eigenvalue weighted by molar-refractivity contribution is 0.292. The molecule has 1 aromatic rings. The smallest absolute Gasteiger partial charge is 0.0954 e. The van der Waals surface area contributed by atoms with Gasteiger partial charge in [0.25, 0.3) is 0 Å². The van der Waals surface area contributed by atoms with Crippen molar-refractivity contribution in [2.45, 2.75) is 52.0 Å². The highest BCUT2D eigenvalue weighted by atomic mass is 32.1. The number of nitrogens with zero attached hydrogens (tertiary/aromatic N) is 1. The topological polar surface area (TPSA) is 24.9 Å². The number of aromatic nitrogens is 1. The van der Waals surface area contributed by atoms with Crippen LogP contribution < -0.4 is 5.32 Å². The van der Waals surface area contributed by atoms with Crippen LogP contribution in [0.1, 0.15) is 56.2 Å². The minimum atomic E-state index is 0.564. The molecule has 16 heavy (non-hydrogen) atoms. The summed E-state index contributed by atoms with van der Waals surface area (Å²) in [5, 5.41) is 6.94. The average molecular weight is 238 g/mol. The molecule has 1 aliphatic carbocycles. The Morgan fingerprint density at radius 1 is 1.50 bits per heavy atom. The van der Waals surface area contributed by atoms with Gasteiger partial charge < -0.3 is 5.32 Å². The summed E-state index contributed by atoms with van der Waals surface area (Å²) in [5.74, 6) is 1.57. The van der Waals surface area contributed by atoms with Crippen molar-refractivity contribution >= 4 is 11.3 Å². The van der Waals surface area contributed by atoms with Crippen LogP contribution in [0.2, 0.25) is 0 Å². The van der Waals surface area contributed by atoms with Crippen LogP contribution in [-0.4, -0.2) is 11.5 Å². The first-order chi connectivity index (χ1) is 7.75. The van der Waals surface area contributed by atoms with Crippen molar-refractivity contribution in [2.24, 2.45) is 5.92 Å². The molecule has 2 rings (SSSR count). The fourth-order valence-electron chi connectivity index (χ4n) is 1.97. The molecule has 90 valence electrons. The summed E-state index contributed by atoms with van der Waals surface area (Å²) in [5.41, 5.74) is 1.21. The first kappa shape index (κ1) is 12.1. The van der Waals surface area contributed by atoms with E-state index in [1.165, 1.54) is 36.4 Å². The highest BCUT2D eigenvalue weighted by Crippen LogP contribution is 2.28. The fourth-order valence-corrected chi connectivity index (χ4v) is 2.81. The molecule has 1 aromatic heterocycles. The normalized spacial score (nSPS) is 16.7. The molecule has 2 nitrogen and oxygen atoms in total. The largest absolute Gasteiger partial charge is 0.311 e. The average Bonchev–Trinajstić information content (AvgIpc) is 2.63. The molecule has 0 aliphatic heterocycles. The Labute approximate surface area is 102 Å². The van der Waals surface area contributed by atoms with Crippen molar-refractivity contribution in [1.82, 2.24) is 10.3 Å². The summed E-state index contributed by atoms with van der Waals surface area (Å²) in [6.07, 6.45) is 5.71. The molecule has 1 fully saturated rings. The Kier molecular flexibility index (Phi) is 4.36. The lowest BCUT2D eigenvalue weighted by Crippen LogP contribution is -2.21.